The van der Waals surface area contributed by atoms with Gasteiger partial charge in [-0.2, -0.15) is 0 Å². The summed E-state index contributed by atoms with van der Waals surface area (Å²) in [6.45, 7) is 0.134. The number of nitrogens with zero attached hydrogens (tertiary/aromatic N) is 1. The lowest BCUT2D eigenvalue weighted by Crippen LogP contribution is -2.49. The molecule has 1 fully saturated rings. The minimum absolute atomic E-state index is 0.0938. The monoisotopic (exact) mass is 457 g/mol. The van der Waals surface area contributed by atoms with Gasteiger partial charge in [-0.05, 0) is 42.7 Å². The first-order valence-electron chi connectivity index (χ1n) is 11.1. The van der Waals surface area contributed by atoms with Gasteiger partial charge < -0.3 is 29.4 Å². The van der Waals surface area contributed by atoms with Crippen molar-refractivity contribution in [3.8, 4) is 5.75 Å². The fraction of sp³-hybridized carbons (Fsp3) is 0.458. The minimum Gasteiger partial charge on any atom is -0.497 e. The van der Waals surface area contributed by atoms with E-state index >= 15 is 0 Å². The van der Waals surface area contributed by atoms with Gasteiger partial charge >= 0.3 is 0 Å². The van der Waals surface area contributed by atoms with Crippen molar-refractivity contribution in [1.82, 2.24) is 15.5 Å². The molecule has 1 aromatic heterocycles. The van der Waals surface area contributed by atoms with E-state index in [4.69, 9.17) is 13.9 Å². The standard InChI is InChI=1S/C24H31N3O6/c1-31-15-13-27(21(28)16-25-23(29)20-8-5-14-33-20)22(17-9-11-19(32-2)12-10-17)24(30)26-18-6-3-4-7-18/h5,8-12,14,18,22H,3-4,6-7,13,15-16H2,1-2H3,(H,25,29)(H,26,30)/t22-/m1/s1. The van der Waals surface area contributed by atoms with Crippen molar-refractivity contribution in [2.75, 3.05) is 33.9 Å². The molecule has 1 aliphatic rings. The molecular weight excluding hydrogens is 426 g/mol. The number of amides is 3. The largest absolute Gasteiger partial charge is 0.497 e. The average molecular weight is 458 g/mol. The summed E-state index contributed by atoms with van der Waals surface area (Å²) in [6.07, 6.45) is 5.37. The SMILES string of the molecule is COCCN(C(=O)CNC(=O)c1ccco1)[C@@H](C(=O)NC1CCCC1)c1ccc(OC)cc1. The van der Waals surface area contributed by atoms with E-state index in [0.29, 0.717) is 11.3 Å². The van der Waals surface area contributed by atoms with Gasteiger partial charge in [-0.1, -0.05) is 25.0 Å². The molecule has 2 N–H and O–H groups in total. The molecule has 3 amide bonds. The number of ether oxygens (including phenoxy) is 2. The molecule has 0 spiro atoms. The molecule has 1 heterocycles. The fourth-order valence-electron chi connectivity index (χ4n) is 3.95. The van der Waals surface area contributed by atoms with Crippen LogP contribution in [0, 0.1) is 0 Å². The van der Waals surface area contributed by atoms with Crippen LogP contribution in [0.15, 0.2) is 47.1 Å². The molecule has 0 aliphatic heterocycles. The van der Waals surface area contributed by atoms with Crippen molar-refractivity contribution in [3.63, 3.8) is 0 Å². The third-order valence-electron chi connectivity index (χ3n) is 5.69. The highest BCUT2D eigenvalue weighted by atomic mass is 16.5. The maximum absolute atomic E-state index is 13.4. The molecule has 1 aliphatic carbocycles. The van der Waals surface area contributed by atoms with Crippen molar-refractivity contribution < 1.29 is 28.3 Å². The van der Waals surface area contributed by atoms with Crippen molar-refractivity contribution in [2.24, 2.45) is 0 Å². The van der Waals surface area contributed by atoms with Crippen molar-refractivity contribution in [1.29, 1.82) is 0 Å². The topological polar surface area (TPSA) is 110 Å². The maximum atomic E-state index is 13.4. The smallest absolute Gasteiger partial charge is 0.287 e. The van der Waals surface area contributed by atoms with E-state index in [1.165, 1.54) is 24.3 Å². The number of methoxy groups -OCH3 is 2. The minimum atomic E-state index is -0.875. The van der Waals surface area contributed by atoms with Crippen LogP contribution in [-0.2, 0) is 14.3 Å². The zero-order valence-corrected chi connectivity index (χ0v) is 19.0. The van der Waals surface area contributed by atoms with Gasteiger partial charge in [0.15, 0.2) is 5.76 Å². The van der Waals surface area contributed by atoms with E-state index in [0.717, 1.165) is 25.7 Å². The third-order valence-corrected chi connectivity index (χ3v) is 5.69. The Morgan fingerprint density at radius 3 is 2.45 bits per heavy atom. The number of rotatable bonds is 11. The number of carbonyl (C=O) groups excluding carboxylic acids is 3. The second kappa shape index (κ2) is 12.1. The number of hydrogen-bond donors (Lipinski definition) is 2. The van der Waals surface area contributed by atoms with Crippen LogP contribution in [0.2, 0.25) is 0 Å². The first kappa shape index (κ1) is 24.3. The lowest BCUT2D eigenvalue weighted by molar-refractivity contribution is -0.141. The lowest BCUT2D eigenvalue weighted by Gasteiger charge is -2.32. The summed E-state index contributed by atoms with van der Waals surface area (Å²) in [5.74, 6) is -0.411. The number of hydrogen-bond acceptors (Lipinski definition) is 6. The van der Waals surface area contributed by atoms with Gasteiger partial charge in [-0.25, -0.2) is 0 Å². The fourth-order valence-corrected chi connectivity index (χ4v) is 3.95. The first-order valence-corrected chi connectivity index (χ1v) is 11.1. The van der Waals surface area contributed by atoms with Crippen LogP contribution in [-0.4, -0.2) is 62.6 Å². The number of nitrogens with one attached hydrogen (secondary N) is 2. The summed E-state index contributed by atoms with van der Waals surface area (Å²) in [5.41, 5.74) is 0.646. The molecule has 1 aromatic carbocycles. The molecule has 2 aromatic rings. The van der Waals surface area contributed by atoms with E-state index in [1.54, 1.807) is 37.4 Å². The Morgan fingerprint density at radius 2 is 1.85 bits per heavy atom. The Bertz CT molecular complexity index is 907. The summed E-state index contributed by atoms with van der Waals surface area (Å²) < 4.78 is 15.5. The Hall–Kier alpha value is -3.33. The van der Waals surface area contributed by atoms with E-state index in [9.17, 15) is 14.4 Å². The quantitative estimate of drug-likeness (QED) is 0.536. The number of benzene rings is 1. The molecule has 1 saturated carbocycles. The normalized spacial score (nSPS) is 14.5. The summed E-state index contributed by atoms with van der Waals surface area (Å²) in [5, 5.41) is 5.66. The van der Waals surface area contributed by atoms with E-state index < -0.39 is 17.9 Å². The van der Waals surface area contributed by atoms with Crippen LogP contribution in [0.25, 0.3) is 0 Å². The average Bonchev–Trinajstić information content (AvgIpc) is 3.54. The van der Waals surface area contributed by atoms with Gasteiger partial charge in [0.05, 0.1) is 26.5 Å². The Labute approximate surface area is 193 Å². The predicted octanol–water partition coefficient (Wildman–Crippen LogP) is 2.29. The molecule has 178 valence electrons. The summed E-state index contributed by atoms with van der Waals surface area (Å²) in [4.78, 5) is 40.3. The van der Waals surface area contributed by atoms with Gasteiger partial charge in [-0.3, -0.25) is 14.4 Å². The number of carbonyl (C=O) groups is 3. The molecule has 0 bridgehead atoms. The third kappa shape index (κ3) is 6.58. The highest BCUT2D eigenvalue weighted by molar-refractivity contribution is 5.95. The van der Waals surface area contributed by atoms with E-state index in [1.807, 2.05) is 0 Å². The summed E-state index contributed by atoms with van der Waals surface area (Å²) in [6, 6.07) is 9.37. The van der Waals surface area contributed by atoms with Gasteiger partial charge in [-0.15, -0.1) is 0 Å². The first-order chi connectivity index (χ1) is 16.0. The molecule has 3 rings (SSSR count). The van der Waals surface area contributed by atoms with Crippen LogP contribution < -0.4 is 15.4 Å². The molecule has 33 heavy (non-hydrogen) atoms. The Kier molecular flexibility index (Phi) is 8.88. The van der Waals surface area contributed by atoms with E-state index in [-0.39, 0.29) is 37.4 Å². The number of furan rings is 1. The second-order valence-electron chi connectivity index (χ2n) is 7.91. The van der Waals surface area contributed by atoms with Crippen LogP contribution in [0.5, 0.6) is 5.75 Å². The van der Waals surface area contributed by atoms with Crippen LogP contribution in [0.3, 0.4) is 0 Å². The highest BCUT2D eigenvalue weighted by Crippen LogP contribution is 2.26. The molecular formula is C24H31N3O6. The van der Waals surface area contributed by atoms with Crippen molar-refractivity contribution >= 4 is 17.7 Å². The zero-order valence-electron chi connectivity index (χ0n) is 19.0. The van der Waals surface area contributed by atoms with Crippen molar-refractivity contribution in [2.45, 2.75) is 37.8 Å². The summed E-state index contributed by atoms with van der Waals surface area (Å²) >= 11 is 0. The molecule has 0 unspecified atom stereocenters. The zero-order chi connectivity index (χ0) is 23.6. The maximum Gasteiger partial charge on any atom is 0.287 e. The van der Waals surface area contributed by atoms with Gasteiger partial charge in [0, 0.05) is 19.7 Å². The molecule has 0 saturated heterocycles. The van der Waals surface area contributed by atoms with Crippen LogP contribution >= 0.6 is 0 Å². The van der Waals surface area contributed by atoms with Gasteiger partial charge in [0.1, 0.15) is 11.8 Å². The molecule has 9 heteroatoms. The van der Waals surface area contributed by atoms with Crippen LogP contribution in [0.4, 0.5) is 0 Å². The Morgan fingerprint density at radius 1 is 1.12 bits per heavy atom. The lowest BCUT2D eigenvalue weighted by atomic mass is 10.0. The molecule has 1 atom stereocenters. The molecule has 0 radical (unpaired) electrons. The Balaban J connectivity index is 1.82. The van der Waals surface area contributed by atoms with Gasteiger partial charge in [0.25, 0.3) is 5.91 Å². The highest BCUT2D eigenvalue weighted by Gasteiger charge is 2.33. The summed E-state index contributed by atoms with van der Waals surface area (Å²) in [7, 11) is 3.09. The molecule has 9 nitrogen and oxygen atoms in total. The van der Waals surface area contributed by atoms with Crippen molar-refractivity contribution in [3.05, 3.63) is 54.0 Å². The van der Waals surface area contributed by atoms with Gasteiger partial charge in [0.2, 0.25) is 11.8 Å². The predicted molar refractivity (Wildman–Crippen MR) is 121 cm³/mol. The van der Waals surface area contributed by atoms with E-state index in [2.05, 4.69) is 10.6 Å². The second-order valence-corrected chi connectivity index (χ2v) is 7.91. The van der Waals surface area contributed by atoms with Crippen LogP contribution in [0.1, 0.15) is 47.8 Å².